The van der Waals surface area contributed by atoms with Crippen LogP contribution in [0.4, 0.5) is 5.69 Å². The van der Waals surface area contributed by atoms with Crippen molar-refractivity contribution in [2.24, 2.45) is 0 Å². The average Bonchev–Trinajstić information content (AvgIpc) is 2.53. The molecule has 0 saturated carbocycles. The van der Waals surface area contributed by atoms with Gasteiger partial charge >= 0.3 is 11.9 Å². The fourth-order valence-electron chi connectivity index (χ4n) is 1.80. The van der Waals surface area contributed by atoms with Gasteiger partial charge in [0.1, 0.15) is 5.56 Å². The van der Waals surface area contributed by atoms with Gasteiger partial charge in [0, 0.05) is 12.5 Å². The molecule has 1 aromatic rings. The minimum absolute atomic E-state index is 0.0715. The number of carboxylic acid groups (broad SMARTS) is 1. The highest BCUT2D eigenvalue weighted by atomic mass is 16.6. The van der Waals surface area contributed by atoms with E-state index in [0.29, 0.717) is 12.8 Å². The molecular weight excluding hydrogens is 310 g/mol. The molecule has 0 atom stereocenters. The maximum Gasteiger partial charge on any atom is 0.342 e. The largest absolute Gasteiger partial charge is 0.493 e. The van der Waals surface area contributed by atoms with Crippen molar-refractivity contribution in [1.82, 2.24) is 0 Å². The van der Waals surface area contributed by atoms with Gasteiger partial charge < -0.3 is 19.3 Å². The molecule has 9 heteroatoms. The summed E-state index contributed by atoms with van der Waals surface area (Å²) in [5, 5.41) is 20.0. The zero-order chi connectivity index (χ0) is 17.4. The Hall–Kier alpha value is -2.84. The van der Waals surface area contributed by atoms with Crippen LogP contribution >= 0.6 is 0 Å². The molecule has 9 nitrogen and oxygen atoms in total. The number of unbranched alkanes of at least 4 members (excludes halogenated alkanes) is 1. The summed E-state index contributed by atoms with van der Waals surface area (Å²) < 4.78 is 14.9. The molecule has 0 aromatic heterocycles. The Bertz CT molecular complexity index is 599. The van der Waals surface area contributed by atoms with Crippen molar-refractivity contribution in [3.8, 4) is 11.5 Å². The quantitative estimate of drug-likeness (QED) is 0.316. The molecule has 0 aliphatic rings. The first-order valence-corrected chi connectivity index (χ1v) is 6.70. The lowest BCUT2D eigenvalue weighted by molar-refractivity contribution is -0.385. The van der Waals surface area contributed by atoms with Gasteiger partial charge in [-0.2, -0.15) is 0 Å². The Labute approximate surface area is 131 Å². The van der Waals surface area contributed by atoms with Gasteiger partial charge in [0.05, 0.1) is 31.8 Å². The molecule has 0 saturated heterocycles. The van der Waals surface area contributed by atoms with Crippen LogP contribution in [0, 0.1) is 10.1 Å². The molecule has 0 heterocycles. The molecule has 0 unspecified atom stereocenters. The lowest BCUT2D eigenvalue weighted by Crippen LogP contribution is -2.06. The van der Waals surface area contributed by atoms with Crippen molar-refractivity contribution in [2.45, 2.75) is 19.3 Å². The highest BCUT2D eigenvalue weighted by Crippen LogP contribution is 2.34. The summed E-state index contributed by atoms with van der Waals surface area (Å²) in [6.45, 7) is 0.191. The number of benzene rings is 1. The summed E-state index contributed by atoms with van der Waals surface area (Å²) in [4.78, 5) is 32.2. The van der Waals surface area contributed by atoms with Crippen LogP contribution in [0.25, 0.3) is 0 Å². The standard InChI is InChI=1S/C14H17NO8/c1-21-11-7-9(14(17)18)10(15(19)20)8-12(11)23-6-4-3-5-13(16)22-2/h7-8H,3-6H2,1-2H3,(H,17,18). The van der Waals surface area contributed by atoms with E-state index in [0.717, 1.165) is 12.1 Å². The van der Waals surface area contributed by atoms with E-state index in [4.69, 9.17) is 14.6 Å². The molecule has 0 spiro atoms. The third kappa shape index (κ3) is 5.13. The van der Waals surface area contributed by atoms with Crippen LogP contribution in [0.1, 0.15) is 29.6 Å². The van der Waals surface area contributed by atoms with Gasteiger partial charge in [-0.15, -0.1) is 0 Å². The van der Waals surface area contributed by atoms with E-state index in [-0.39, 0.29) is 30.5 Å². The summed E-state index contributed by atoms with van der Waals surface area (Å²) in [5.41, 5.74) is -1.06. The highest BCUT2D eigenvalue weighted by Gasteiger charge is 2.24. The number of carbonyl (C=O) groups is 2. The van der Waals surface area contributed by atoms with Crippen molar-refractivity contribution in [1.29, 1.82) is 0 Å². The normalized spacial score (nSPS) is 10.0. The first-order valence-electron chi connectivity index (χ1n) is 6.70. The Morgan fingerprint density at radius 2 is 1.91 bits per heavy atom. The number of methoxy groups -OCH3 is 2. The van der Waals surface area contributed by atoms with Crippen molar-refractivity contribution >= 4 is 17.6 Å². The monoisotopic (exact) mass is 327 g/mol. The molecular formula is C14H17NO8. The second-order valence-corrected chi connectivity index (χ2v) is 4.46. The molecule has 126 valence electrons. The van der Waals surface area contributed by atoms with E-state index in [1.54, 1.807) is 0 Å². The van der Waals surface area contributed by atoms with Gasteiger partial charge in [-0.1, -0.05) is 0 Å². The van der Waals surface area contributed by atoms with Gasteiger partial charge in [-0.3, -0.25) is 14.9 Å². The molecule has 0 bridgehead atoms. The SMILES string of the molecule is COC(=O)CCCCOc1cc([N+](=O)[O-])c(C(=O)O)cc1OC. The molecule has 0 amide bonds. The number of esters is 1. The van der Waals surface area contributed by atoms with E-state index >= 15 is 0 Å². The number of rotatable bonds is 9. The van der Waals surface area contributed by atoms with E-state index in [9.17, 15) is 19.7 Å². The summed E-state index contributed by atoms with van der Waals surface area (Å²) in [6, 6.07) is 2.06. The smallest absolute Gasteiger partial charge is 0.342 e. The lowest BCUT2D eigenvalue weighted by Gasteiger charge is -2.11. The number of hydrogen-bond acceptors (Lipinski definition) is 7. The molecule has 1 rings (SSSR count). The second kappa shape index (κ2) is 8.57. The van der Waals surface area contributed by atoms with E-state index in [1.807, 2.05) is 0 Å². The van der Waals surface area contributed by atoms with Crippen LogP contribution < -0.4 is 9.47 Å². The number of ether oxygens (including phenoxy) is 3. The predicted molar refractivity (Wildman–Crippen MR) is 78.0 cm³/mol. The topological polar surface area (TPSA) is 125 Å². The highest BCUT2D eigenvalue weighted by molar-refractivity contribution is 5.93. The summed E-state index contributed by atoms with van der Waals surface area (Å²) >= 11 is 0. The van der Waals surface area contributed by atoms with Crippen molar-refractivity contribution < 1.29 is 33.8 Å². The summed E-state index contributed by atoms with van der Waals surface area (Å²) in [5.74, 6) is -1.60. The minimum Gasteiger partial charge on any atom is -0.493 e. The van der Waals surface area contributed by atoms with Gasteiger partial charge in [0.2, 0.25) is 0 Å². The third-order valence-electron chi connectivity index (χ3n) is 2.97. The second-order valence-electron chi connectivity index (χ2n) is 4.46. The summed E-state index contributed by atoms with van der Waals surface area (Å²) in [7, 11) is 2.60. The van der Waals surface area contributed by atoms with Crippen LogP contribution in [0.3, 0.4) is 0 Å². The fourth-order valence-corrected chi connectivity index (χ4v) is 1.80. The molecule has 1 N–H and O–H groups in total. The Balaban J connectivity index is 2.81. The van der Waals surface area contributed by atoms with Crippen LogP contribution in [0.5, 0.6) is 11.5 Å². The molecule has 0 radical (unpaired) electrons. The van der Waals surface area contributed by atoms with E-state index in [2.05, 4.69) is 4.74 Å². The zero-order valence-corrected chi connectivity index (χ0v) is 12.7. The van der Waals surface area contributed by atoms with Crippen molar-refractivity contribution in [3.05, 3.63) is 27.8 Å². The first-order chi connectivity index (χ1) is 10.9. The number of nitro groups is 1. The first kappa shape index (κ1) is 18.2. The van der Waals surface area contributed by atoms with Gasteiger partial charge in [-0.25, -0.2) is 4.79 Å². The Morgan fingerprint density at radius 1 is 1.22 bits per heavy atom. The molecule has 0 aliphatic heterocycles. The van der Waals surface area contributed by atoms with Gasteiger partial charge in [-0.05, 0) is 12.8 Å². The van der Waals surface area contributed by atoms with Gasteiger partial charge in [0.25, 0.3) is 5.69 Å². The number of aromatic carboxylic acids is 1. The van der Waals surface area contributed by atoms with Crippen molar-refractivity contribution in [2.75, 3.05) is 20.8 Å². The summed E-state index contributed by atoms with van der Waals surface area (Å²) in [6.07, 6.45) is 1.30. The predicted octanol–water partition coefficient (Wildman–Crippen LogP) is 2.02. The number of carbonyl (C=O) groups excluding carboxylic acids is 1. The van der Waals surface area contributed by atoms with Crippen molar-refractivity contribution in [3.63, 3.8) is 0 Å². The maximum absolute atomic E-state index is 11.1. The van der Waals surface area contributed by atoms with Crippen LogP contribution in [0.2, 0.25) is 0 Å². The number of hydrogen-bond donors (Lipinski definition) is 1. The fraction of sp³-hybridized carbons (Fsp3) is 0.429. The Morgan fingerprint density at radius 3 is 2.43 bits per heavy atom. The van der Waals surface area contributed by atoms with E-state index < -0.39 is 22.1 Å². The molecule has 0 fully saturated rings. The zero-order valence-electron chi connectivity index (χ0n) is 12.7. The van der Waals surface area contributed by atoms with Gasteiger partial charge in [0.15, 0.2) is 11.5 Å². The minimum atomic E-state index is -1.43. The van der Waals surface area contributed by atoms with Crippen LogP contribution in [-0.2, 0) is 9.53 Å². The van der Waals surface area contributed by atoms with Crippen LogP contribution in [0.15, 0.2) is 12.1 Å². The van der Waals surface area contributed by atoms with E-state index in [1.165, 1.54) is 14.2 Å². The Kier molecular flexibility index (Phi) is 6.78. The third-order valence-corrected chi connectivity index (χ3v) is 2.97. The average molecular weight is 327 g/mol. The lowest BCUT2D eigenvalue weighted by atomic mass is 10.1. The van der Waals surface area contributed by atoms with Crippen LogP contribution in [-0.4, -0.2) is 42.8 Å². The molecule has 23 heavy (non-hydrogen) atoms. The number of carboxylic acids is 1. The maximum atomic E-state index is 11.1. The molecule has 0 aliphatic carbocycles. The number of nitrogens with zero attached hydrogens (tertiary/aromatic N) is 1. The number of nitro benzene ring substituents is 1. The molecule has 1 aromatic carbocycles.